The van der Waals surface area contributed by atoms with Crippen molar-refractivity contribution in [2.45, 2.75) is 13.5 Å². The molecule has 26 heavy (non-hydrogen) atoms. The maximum Gasteiger partial charge on any atom is 0.257 e. The zero-order chi connectivity index (χ0) is 18.5. The molecule has 1 saturated heterocycles. The molecule has 0 saturated carbocycles. The first-order valence-electron chi connectivity index (χ1n) is 8.38. The zero-order valence-corrected chi connectivity index (χ0v) is 14.5. The molecule has 0 radical (unpaired) electrons. The Morgan fingerprint density at radius 3 is 2.19 bits per heavy atom. The van der Waals surface area contributed by atoms with Crippen LogP contribution in [-0.2, 0) is 11.3 Å². The Morgan fingerprint density at radius 2 is 1.62 bits per heavy atom. The molecule has 0 spiro atoms. The molecule has 2 amide bonds. The summed E-state index contributed by atoms with van der Waals surface area (Å²) >= 11 is 0. The van der Waals surface area contributed by atoms with E-state index in [0.717, 1.165) is 5.56 Å². The van der Waals surface area contributed by atoms with Crippen molar-refractivity contribution in [3.05, 3.63) is 53.6 Å². The summed E-state index contributed by atoms with van der Waals surface area (Å²) < 4.78 is 12.9. The third-order valence-electron chi connectivity index (χ3n) is 4.27. The van der Waals surface area contributed by atoms with Gasteiger partial charge in [-0.05, 0) is 17.7 Å². The molecule has 0 aliphatic carbocycles. The molecule has 136 valence electrons. The summed E-state index contributed by atoms with van der Waals surface area (Å²) in [4.78, 5) is 35.6. The van der Waals surface area contributed by atoms with Crippen LogP contribution >= 0.6 is 0 Å². The van der Waals surface area contributed by atoms with Crippen LogP contribution in [0.25, 0.3) is 0 Å². The number of halogens is 1. The van der Waals surface area contributed by atoms with Crippen LogP contribution in [0.1, 0.15) is 22.8 Å². The molecule has 7 nitrogen and oxygen atoms in total. The van der Waals surface area contributed by atoms with Gasteiger partial charge in [-0.1, -0.05) is 12.1 Å². The van der Waals surface area contributed by atoms with E-state index in [9.17, 15) is 14.0 Å². The quantitative estimate of drug-likeness (QED) is 0.898. The predicted molar refractivity (Wildman–Crippen MR) is 93.9 cm³/mol. The summed E-state index contributed by atoms with van der Waals surface area (Å²) in [6.07, 6.45) is 2.97. The van der Waals surface area contributed by atoms with Gasteiger partial charge in [-0.2, -0.15) is 0 Å². The molecule has 1 aliphatic heterocycles. The Balaban J connectivity index is 1.54. The normalized spacial score (nSPS) is 14.2. The Kier molecular flexibility index (Phi) is 5.40. The highest BCUT2D eigenvalue weighted by Crippen LogP contribution is 2.10. The average Bonchev–Trinajstić information content (AvgIpc) is 2.67. The van der Waals surface area contributed by atoms with E-state index in [-0.39, 0.29) is 17.6 Å². The maximum atomic E-state index is 12.9. The second-order valence-electron chi connectivity index (χ2n) is 6.07. The van der Waals surface area contributed by atoms with Crippen molar-refractivity contribution in [2.75, 3.05) is 31.5 Å². The first kappa shape index (κ1) is 17.8. The Morgan fingerprint density at radius 1 is 1.04 bits per heavy atom. The van der Waals surface area contributed by atoms with E-state index < -0.39 is 0 Å². The number of anilines is 1. The molecular weight excluding hydrogens is 337 g/mol. The van der Waals surface area contributed by atoms with Crippen LogP contribution in [0.4, 0.5) is 10.3 Å². The van der Waals surface area contributed by atoms with E-state index in [1.165, 1.54) is 31.5 Å². The van der Waals surface area contributed by atoms with Gasteiger partial charge in [0, 0.05) is 52.0 Å². The van der Waals surface area contributed by atoms with Crippen molar-refractivity contribution in [1.82, 2.24) is 19.8 Å². The molecule has 1 aromatic heterocycles. The Bertz CT molecular complexity index is 771. The Labute approximate surface area is 150 Å². The monoisotopic (exact) mass is 357 g/mol. The lowest BCUT2D eigenvalue weighted by Crippen LogP contribution is -2.50. The molecule has 1 aromatic carbocycles. The summed E-state index contributed by atoms with van der Waals surface area (Å²) in [5.41, 5.74) is 1.31. The summed E-state index contributed by atoms with van der Waals surface area (Å²) in [5, 5.41) is 3.03. The lowest BCUT2D eigenvalue weighted by Gasteiger charge is -2.34. The first-order valence-corrected chi connectivity index (χ1v) is 8.38. The van der Waals surface area contributed by atoms with E-state index in [1.807, 2.05) is 0 Å². The molecule has 1 aliphatic rings. The van der Waals surface area contributed by atoms with Gasteiger partial charge in [-0.15, -0.1) is 0 Å². The van der Waals surface area contributed by atoms with Crippen LogP contribution in [0.3, 0.4) is 0 Å². The van der Waals surface area contributed by atoms with Gasteiger partial charge in [0.2, 0.25) is 11.9 Å². The van der Waals surface area contributed by atoms with Gasteiger partial charge >= 0.3 is 0 Å². The molecule has 0 atom stereocenters. The highest BCUT2D eigenvalue weighted by molar-refractivity contribution is 5.93. The lowest BCUT2D eigenvalue weighted by atomic mass is 10.2. The second-order valence-corrected chi connectivity index (χ2v) is 6.07. The van der Waals surface area contributed by atoms with Crippen molar-refractivity contribution in [3.8, 4) is 0 Å². The summed E-state index contributed by atoms with van der Waals surface area (Å²) in [7, 11) is 0. The van der Waals surface area contributed by atoms with Gasteiger partial charge in [0.25, 0.3) is 5.91 Å². The van der Waals surface area contributed by atoms with Crippen LogP contribution in [0.5, 0.6) is 0 Å². The van der Waals surface area contributed by atoms with Crippen LogP contribution in [0.2, 0.25) is 0 Å². The van der Waals surface area contributed by atoms with E-state index in [1.54, 1.807) is 21.9 Å². The summed E-state index contributed by atoms with van der Waals surface area (Å²) in [5.74, 6) is -0.000392. The van der Waals surface area contributed by atoms with Crippen LogP contribution in [0.15, 0.2) is 36.7 Å². The molecule has 0 unspecified atom stereocenters. The highest BCUT2D eigenvalue weighted by atomic mass is 19.1. The minimum atomic E-state index is -0.281. The number of carbonyl (C=O) groups excluding carboxylic acids is 2. The summed E-state index contributed by atoms with van der Waals surface area (Å²) in [6.45, 7) is 4.08. The van der Waals surface area contributed by atoms with E-state index in [4.69, 9.17) is 0 Å². The van der Waals surface area contributed by atoms with Crippen LogP contribution in [0, 0.1) is 5.82 Å². The fourth-order valence-electron chi connectivity index (χ4n) is 2.72. The minimum absolute atomic E-state index is 0.0250. The van der Waals surface area contributed by atoms with Gasteiger partial charge in [0.05, 0.1) is 5.56 Å². The standard InChI is InChI=1S/C18H20FN5O2/c1-13(25)23-6-8-24(9-7-23)17(26)15-11-21-18(22-12-15)20-10-14-2-4-16(19)5-3-14/h2-5,11-12H,6-10H2,1H3,(H,20,21,22). The molecule has 8 heteroatoms. The van der Waals surface area contributed by atoms with Crippen molar-refractivity contribution < 1.29 is 14.0 Å². The summed E-state index contributed by atoms with van der Waals surface area (Å²) in [6, 6.07) is 6.15. The van der Waals surface area contributed by atoms with Gasteiger partial charge in [-0.3, -0.25) is 9.59 Å². The second kappa shape index (κ2) is 7.90. The third kappa shape index (κ3) is 4.33. The number of nitrogens with one attached hydrogen (secondary N) is 1. The smallest absolute Gasteiger partial charge is 0.257 e. The number of amides is 2. The largest absolute Gasteiger partial charge is 0.350 e. The number of benzene rings is 1. The number of hydrogen-bond donors (Lipinski definition) is 1. The third-order valence-corrected chi connectivity index (χ3v) is 4.27. The van der Waals surface area contributed by atoms with Gasteiger partial charge in [-0.25, -0.2) is 14.4 Å². The van der Waals surface area contributed by atoms with E-state index in [2.05, 4.69) is 15.3 Å². The Hall–Kier alpha value is -3.03. The molecular formula is C18H20FN5O2. The fourth-order valence-corrected chi connectivity index (χ4v) is 2.72. The van der Waals surface area contributed by atoms with Gasteiger partial charge in [0.1, 0.15) is 5.82 Å². The zero-order valence-electron chi connectivity index (χ0n) is 14.5. The van der Waals surface area contributed by atoms with Crippen LogP contribution in [-0.4, -0.2) is 57.8 Å². The van der Waals surface area contributed by atoms with Gasteiger partial charge in [0.15, 0.2) is 0 Å². The van der Waals surface area contributed by atoms with Crippen molar-refractivity contribution in [1.29, 1.82) is 0 Å². The average molecular weight is 357 g/mol. The minimum Gasteiger partial charge on any atom is -0.350 e. The first-order chi connectivity index (χ1) is 12.5. The topological polar surface area (TPSA) is 78.4 Å². The van der Waals surface area contributed by atoms with Crippen molar-refractivity contribution in [3.63, 3.8) is 0 Å². The number of piperazine rings is 1. The maximum absolute atomic E-state index is 12.9. The predicted octanol–water partition coefficient (Wildman–Crippen LogP) is 1.53. The van der Waals surface area contributed by atoms with Gasteiger partial charge < -0.3 is 15.1 Å². The van der Waals surface area contributed by atoms with E-state index in [0.29, 0.717) is 44.2 Å². The number of rotatable bonds is 4. The molecule has 2 heterocycles. The van der Waals surface area contributed by atoms with Crippen LogP contribution < -0.4 is 5.32 Å². The lowest BCUT2D eigenvalue weighted by molar-refractivity contribution is -0.130. The van der Waals surface area contributed by atoms with E-state index >= 15 is 0 Å². The SMILES string of the molecule is CC(=O)N1CCN(C(=O)c2cnc(NCc3ccc(F)cc3)nc2)CC1. The fraction of sp³-hybridized carbons (Fsp3) is 0.333. The molecule has 2 aromatic rings. The molecule has 3 rings (SSSR count). The number of nitrogens with zero attached hydrogens (tertiary/aromatic N) is 4. The molecule has 1 N–H and O–H groups in total. The highest BCUT2D eigenvalue weighted by Gasteiger charge is 2.23. The number of carbonyl (C=O) groups is 2. The van der Waals surface area contributed by atoms with Crippen molar-refractivity contribution >= 4 is 17.8 Å². The number of hydrogen-bond acceptors (Lipinski definition) is 5. The molecule has 0 bridgehead atoms. The number of aromatic nitrogens is 2. The van der Waals surface area contributed by atoms with Crippen molar-refractivity contribution in [2.24, 2.45) is 0 Å². The molecule has 1 fully saturated rings.